The molecule has 0 fully saturated rings. The maximum Gasteiger partial charge on any atom is 0.240 e. The van der Waals surface area contributed by atoms with Crippen LogP contribution in [0.2, 0.25) is 0 Å². The number of hydrogen-bond donors (Lipinski definition) is 1. The predicted octanol–water partition coefficient (Wildman–Crippen LogP) is 3.17. The van der Waals surface area contributed by atoms with E-state index in [0.717, 1.165) is 11.3 Å². The fourth-order valence-electron chi connectivity index (χ4n) is 2.35. The van der Waals surface area contributed by atoms with Gasteiger partial charge in [0.05, 0.1) is 10.6 Å². The Morgan fingerprint density at radius 3 is 2.29 bits per heavy atom. The third-order valence-electron chi connectivity index (χ3n) is 3.62. The number of oxazole rings is 1. The van der Waals surface area contributed by atoms with Gasteiger partial charge in [-0.1, -0.05) is 36.4 Å². The minimum atomic E-state index is -3.50. The molecule has 0 saturated carbocycles. The van der Waals surface area contributed by atoms with Gasteiger partial charge in [0.2, 0.25) is 15.9 Å². The fraction of sp³-hybridized carbons (Fsp3) is 0.167. The maximum atomic E-state index is 12.2. The van der Waals surface area contributed by atoms with Crippen molar-refractivity contribution in [3.63, 3.8) is 0 Å². The zero-order valence-corrected chi connectivity index (χ0v) is 14.1. The van der Waals surface area contributed by atoms with Crippen LogP contribution in [-0.2, 0) is 16.4 Å². The van der Waals surface area contributed by atoms with E-state index in [-0.39, 0.29) is 11.4 Å². The number of sulfonamides is 1. The third kappa shape index (κ3) is 3.72. The Bertz CT molecular complexity index is 904. The molecule has 0 saturated heterocycles. The Morgan fingerprint density at radius 2 is 1.62 bits per heavy atom. The highest BCUT2D eigenvalue weighted by molar-refractivity contribution is 7.89. The second kappa shape index (κ2) is 6.98. The number of nitrogens with zero attached hydrogens (tertiary/aromatic N) is 1. The second-order valence-electron chi connectivity index (χ2n) is 5.35. The summed E-state index contributed by atoms with van der Waals surface area (Å²) in [6.45, 7) is 2.10. The van der Waals surface area contributed by atoms with Crippen LogP contribution in [0.25, 0.3) is 11.5 Å². The Morgan fingerprint density at radius 1 is 1.00 bits per heavy atom. The van der Waals surface area contributed by atoms with Crippen molar-refractivity contribution in [1.82, 2.24) is 9.71 Å². The number of benzene rings is 2. The third-order valence-corrected chi connectivity index (χ3v) is 5.10. The second-order valence-corrected chi connectivity index (χ2v) is 7.12. The van der Waals surface area contributed by atoms with E-state index in [0.29, 0.717) is 18.1 Å². The first-order valence-corrected chi connectivity index (χ1v) is 9.11. The standard InChI is InChI=1S/C18H18N2O3S/c1-14-17(20-18(23-14)15-8-4-2-5-9-15)12-13-19-24(21,22)16-10-6-3-7-11-16/h2-11,19H,12-13H2,1H3. The molecule has 0 unspecified atom stereocenters. The summed E-state index contributed by atoms with van der Waals surface area (Å²) in [5, 5.41) is 0. The molecule has 124 valence electrons. The first-order valence-electron chi connectivity index (χ1n) is 7.63. The topological polar surface area (TPSA) is 72.2 Å². The molecule has 0 spiro atoms. The van der Waals surface area contributed by atoms with Crippen LogP contribution in [0.4, 0.5) is 0 Å². The Balaban J connectivity index is 1.67. The smallest absolute Gasteiger partial charge is 0.240 e. The highest BCUT2D eigenvalue weighted by Crippen LogP contribution is 2.21. The van der Waals surface area contributed by atoms with Gasteiger partial charge in [0.1, 0.15) is 5.76 Å². The van der Waals surface area contributed by atoms with E-state index in [1.165, 1.54) is 0 Å². The molecule has 0 amide bonds. The van der Waals surface area contributed by atoms with Gasteiger partial charge in [-0.2, -0.15) is 0 Å². The first-order chi connectivity index (χ1) is 11.6. The summed E-state index contributed by atoms with van der Waals surface area (Å²) in [6.07, 6.45) is 0.466. The van der Waals surface area contributed by atoms with Crippen molar-refractivity contribution < 1.29 is 12.8 Å². The lowest BCUT2D eigenvalue weighted by atomic mass is 10.2. The lowest BCUT2D eigenvalue weighted by Crippen LogP contribution is -2.26. The van der Waals surface area contributed by atoms with Crippen LogP contribution in [0.5, 0.6) is 0 Å². The summed E-state index contributed by atoms with van der Waals surface area (Å²) in [7, 11) is -3.50. The van der Waals surface area contributed by atoms with Crippen LogP contribution < -0.4 is 4.72 Å². The van der Waals surface area contributed by atoms with Crippen LogP contribution in [0.1, 0.15) is 11.5 Å². The van der Waals surface area contributed by atoms with E-state index in [1.54, 1.807) is 30.3 Å². The molecule has 0 aliphatic rings. The molecule has 0 aliphatic heterocycles. The molecule has 1 aromatic heterocycles. The highest BCUT2D eigenvalue weighted by Gasteiger charge is 2.15. The number of hydrogen-bond acceptors (Lipinski definition) is 4. The minimum absolute atomic E-state index is 0.256. The van der Waals surface area contributed by atoms with Crippen LogP contribution in [0.3, 0.4) is 0 Å². The van der Waals surface area contributed by atoms with Gasteiger partial charge < -0.3 is 4.42 Å². The van der Waals surface area contributed by atoms with E-state index in [1.807, 2.05) is 37.3 Å². The van der Waals surface area contributed by atoms with Crippen molar-refractivity contribution in [2.45, 2.75) is 18.2 Å². The minimum Gasteiger partial charge on any atom is -0.441 e. The molecule has 0 bridgehead atoms. The van der Waals surface area contributed by atoms with Crippen LogP contribution in [0, 0.1) is 6.92 Å². The lowest BCUT2D eigenvalue weighted by Gasteiger charge is -2.05. The number of nitrogens with one attached hydrogen (secondary N) is 1. The Labute approximate surface area is 141 Å². The van der Waals surface area contributed by atoms with Crippen LogP contribution in [-0.4, -0.2) is 19.9 Å². The normalized spacial score (nSPS) is 11.5. The molecule has 2 aromatic carbocycles. The largest absolute Gasteiger partial charge is 0.441 e. The molecular weight excluding hydrogens is 324 g/mol. The van der Waals surface area contributed by atoms with Gasteiger partial charge in [0, 0.05) is 18.5 Å². The summed E-state index contributed by atoms with van der Waals surface area (Å²) in [5.74, 6) is 1.25. The van der Waals surface area contributed by atoms with E-state index in [4.69, 9.17) is 4.42 Å². The van der Waals surface area contributed by atoms with Crippen molar-refractivity contribution in [3.05, 3.63) is 72.1 Å². The average molecular weight is 342 g/mol. The van der Waals surface area contributed by atoms with E-state index in [9.17, 15) is 8.42 Å². The van der Waals surface area contributed by atoms with E-state index < -0.39 is 10.0 Å². The molecule has 0 radical (unpaired) electrons. The molecule has 24 heavy (non-hydrogen) atoms. The molecule has 0 atom stereocenters. The molecular formula is C18H18N2O3S. The van der Waals surface area contributed by atoms with E-state index in [2.05, 4.69) is 9.71 Å². The van der Waals surface area contributed by atoms with Gasteiger partial charge in [0.15, 0.2) is 0 Å². The van der Waals surface area contributed by atoms with Gasteiger partial charge in [-0.15, -0.1) is 0 Å². The summed E-state index contributed by atoms with van der Waals surface area (Å²) in [5.41, 5.74) is 1.65. The predicted molar refractivity (Wildman–Crippen MR) is 92.0 cm³/mol. The molecule has 0 aliphatic carbocycles. The SMILES string of the molecule is Cc1oc(-c2ccccc2)nc1CCNS(=O)(=O)c1ccccc1. The van der Waals surface area contributed by atoms with Gasteiger partial charge in [-0.3, -0.25) is 0 Å². The van der Waals surface area contributed by atoms with Gasteiger partial charge in [-0.25, -0.2) is 18.1 Å². The molecule has 6 heteroatoms. The van der Waals surface area contributed by atoms with Crippen molar-refractivity contribution >= 4 is 10.0 Å². The highest BCUT2D eigenvalue weighted by atomic mass is 32.2. The van der Waals surface area contributed by atoms with Crippen molar-refractivity contribution in [2.24, 2.45) is 0 Å². The van der Waals surface area contributed by atoms with Crippen LogP contribution >= 0.6 is 0 Å². The Kier molecular flexibility index (Phi) is 4.78. The van der Waals surface area contributed by atoms with E-state index >= 15 is 0 Å². The molecule has 1 heterocycles. The van der Waals surface area contributed by atoms with Crippen molar-refractivity contribution in [1.29, 1.82) is 0 Å². The Hall–Kier alpha value is -2.44. The number of aromatic nitrogens is 1. The van der Waals surface area contributed by atoms with Gasteiger partial charge in [-0.05, 0) is 31.2 Å². The lowest BCUT2D eigenvalue weighted by molar-refractivity contribution is 0.538. The summed E-state index contributed by atoms with van der Waals surface area (Å²) in [6, 6.07) is 17.9. The molecule has 5 nitrogen and oxygen atoms in total. The van der Waals surface area contributed by atoms with Gasteiger partial charge >= 0.3 is 0 Å². The van der Waals surface area contributed by atoms with Crippen LogP contribution in [0.15, 0.2) is 70.0 Å². The number of aryl methyl sites for hydroxylation is 1. The first kappa shape index (κ1) is 16.4. The molecule has 1 N–H and O–H groups in total. The summed E-state index contributed by atoms with van der Waals surface area (Å²) < 4.78 is 32.6. The summed E-state index contributed by atoms with van der Waals surface area (Å²) >= 11 is 0. The zero-order valence-electron chi connectivity index (χ0n) is 13.3. The van der Waals surface area contributed by atoms with Gasteiger partial charge in [0.25, 0.3) is 0 Å². The monoisotopic (exact) mass is 342 g/mol. The fourth-order valence-corrected chi connectivity index (χ4v) is 3.40. The quantitative estimate of drug-likeness (QED) is 0.747. The summed E-state index contributed by atoms with van der Waals surface area (Å²) in [4.78, 5) is 4.73. The zero-order chi connectivity index (χ0) is 17.0. The van der Waals surface area contributed by atoms with Crippen molar-refractivity contribution in [2.75, 3.05) is 6.54 Å². The van der Waals surface area contributed by atoms with Crippen molar-refractivity contribution in [3.8, 4) is 11.5 Å². The number of rotatable bonds is 6. The average Bonchev–Trinajstić information content (AvgIpc) is 2.97. The molecule has 3 aromatic rings. The molecule has 3 rings (SSSR count). The maximum absolute atomic E-state index is 12.2.